The summed E-state index contributed by atoms with van der Waals surface area (Å²) in [5.74, 6) is -0.443. The Morgan fingerprint density at radius 2 is 1.81 bits per heavy atom. The fourth-order valence-corrected chi connectivity index (χ4v) is 2.96. The van der Waals surface area contributed by atoms with Crippen LogP contribution in [0.25, 0.3) is 0 Å². The fourth-order valence-electron chi connectivity index (χ4n) is 2.84. The molecule has 2 amide bonds. The number of carbonyl (C=O) groups excluding carboxylic acids is 2. The lowest BCUT2D eigenvalue weighted by atomic mass is 9.82. The van der Waals surface area contributed by atoms with E-state index in [-0.39, 0.29) is 6.54 Å². The molecule has 1 aliphatic heterocycles. The zero-order valence-corrected chi connectivity index (χ0v) is 15.2. The van der Waals surface area contributed by atoms with Crippen LogP contribution in [0.3, 0.4) is 0 Å². The number of ether oxygens (including phenoxy) is 1. The molecule has 1 aliphatic rings. The van der Waals surface area contributed by atoms with Gasteiger partial charge in [0.15, 0.2) is 0 Å². The minimum absolute atomic E-state index is 0.0866. The molecular weight excluding hydrogens is 354 g/mol. The van der Waals surface area contributed by atoms with Gasteiger partial charge in [-0.3, -0.25) is 4.79 Å². The summed E-state index contributed by atoms with van der Waals surface area (Å²) in [6.07, 6.45) is 0. The summed E-state index contributed by atoms with van der Waals surface area (Å²) in [7, 11) is 1.33. The standard InChI is InChI=1S/C19H18ClN3O3/c1-19(17(24)26-2)12-23(22-16(19)13-6-4-3-5-7-13)18(25)21-15-10-8-14(20)9-11-15/h3-11H,12H2,1-2H3,(H,21,25). The molecule has 7 heteroatoms. The van der Waals surface area contributed by atoms with Crippen LogP contribution in [0.1, 0.15) is 12.5 Å². The molecular formula is C19H18ClN3O3. The van der Waals surface area contributed by atoms with E-state index in [4.69, 9.17) is 16.3 Å². The maximum absolute atomic E-state index is 12.6. The number of methoxy groups -OCH3 is 1. The largest absolute Gasteiger partial charge is 0.468 e. The van der Waals surface area contributed by atoms with Gasteiger partial charge in [-0.1, -0.05) is 41.9 Å². The monoisotopic (exact) mass is 371 g/mol. The molecule has 0 aromatic heterocycles. The predicted molar refractivity (Wildman–Crippen MR) is 100 cm³/mol. The highest BCUT2D eigenvalue weighted by Gasteiger charge is 2.48. The number of esters is 1. The summed E-state index contributed by atoms with van der Waals surface area (Å²) in [6.45, 7) is 1.81. The first-order chi connectivity index (χ1) is 12.4. The average molecular weight is 372 g/mol. The molecule has 0 fully saturated rings. The van der Waals surface area contributed by atoms with Gasteiger partial charge in [0.25, 0.3) is 0 Å². The zero-order chi connectivity index (χ0) is 18.7. The molecule has 2 aromatic rings. The summed E-state index contributed by atoms with van der Waals surface area (Å²) in [5.41, 5.74) is 0.800. The summed E-state index contributed by atoms with van der Waals surface area (Å²) >= 11 is 5.85. The number of hydrazone groups is 1. The summed E-state index contributed by atoms with van der Waals surface area (Å²) < 4.78 is 4.96. The third-order valence-corrected chi connectivity index (χ3v) is 4.47. The van der Waals surface area contributed by atoms with Crippen molar-refractivity contribution in [1.29, 1.82) is 0 Å². The van der Waals surface area contributed by atoms with E-state index in [0.29, 0.717) is 16.4 Å². The minimum Gasteiger partial charge on any atom is -0.468 e. The van der Waals surface area contributed by atoms with Crippen molar-refractivity contribution in [3.8, 4) is 0 Å². The second-order valence-corrected chi connectivity index (χ2v) is 6.57. The topological polar surface area (TPSA) is 71.0 Å². The Hall–Kier alpha value is -2.86. The molecule has 0 radical (unpaired) electrons. The fraction of sp³-hybridized carbons (Fsp3) is 0.211. The number of hydrogen-bond donors (Lipinski definition) is 1. The Balaban J connectivity index is 1.89. The van der Waals surface area contributed by atoms with E-state index in [0.717, 1.165) is 5.56 Å². The van der Waals surface area contributed by atoms with E-state index < -0.39 is 17.4 Å². The summed E-state index contributed by atoms with van der Waals surface area (Å²) in [5, 5.41) is 8.97. The number of rotatable bonds is 3. The van der Waals surface area contributed by atoms with Gasteiger partial charge in [0, 0.05) is 10.7 Å². The third-order valence-electron chi connectivity index (χ3n) is 4.22. The van der Waals surface area contributed by atoms with Crippen molar-refractivity contribution in [3.05, 3.63) is 65.2 Å². The summed E-state index contributed by atoms with van der Waals surface area (Å²) in [6, 6.07) is 15.6. The number of carbonyl (C=O) groups is 2. The van der Waals surface area contributed by atoms with Crippen LogP contribution in [0.5, 0.6) is 0 Å². The number of urea groups is 1. The molecule has 1 unspecified atom stereocenters. The molecule has 0 saturated heterocycles. The zero-order valence-electron chi connectivity index (χ0n) is 14.4. The second-order valence-electron chi connectivity index (χ2n) is 6.13. The van der Waals surface area contributed by atoms with Crippen LogP contribution in [0.2, 0.25) is 5.02 Å². The number of hydrogen-bond acceptors (Lipinski definition) is 4. The molecule has 1 N–H and O–H groups in total. The number of halogens is 1. The van der Waals surface area contributed by atoms with Gasteiger partial charge in [0.2, 0.25) is 0 Å². The van der Waals surface area contributed by atoms with Crippen molar-refractivity contribution in [3.63, 3.8) is 0 Å². The second kappa shape index (κ2) is 7.17. The Morgan fingerprint density at radius 1 is 1.15 bits per heavy atom. The molecule has 0 spiro atoms. The van der Waals surface area contributed by atoms with E-state index in [1.54, 1.807) is 31.2 Å². The first-order valence-electron chi connectivity index (χ1n) is 8.01. The molecule has 1 atom stereocenters. The van der Waals surface area contributed by atoms with Crippen LogP contribution >= 0.6 is 11.6 Å². The van der Waals surface area contributed by atoms with Crippen molar-refractivity contribution >= 4 is 35.0 Å². The van der Waals surface area contributed by atoms with Crippen LogP contribution in [-0.4, -0.2) is 36.4 Å². The van der Waals surface area contributed by atoms with Gasteiger partial charge < -0.3 is 10.1 Å². The molecule has 0 bridgehead atoms. The number of anilines is 1. The van der Waals surface area contributed by atoms with Crippen LogP contribution in [0.15, 0.2) is 59.7 Å². The van der Waals surface area contributed by atoms with Crippen molar-refractivity contribution in [2.45, 2.75) is 6.92 Å². The molecule has 3 rings (SSSR count). The van der Waals surface area contributed by atoms with Gasteiger partial charge in [-0.05, 0) is 36.8 Å². The van der Waals surface area contributed by atoms with Gasteiger partial charge in [0.1, 0.15) is 5.41 Å². The van der Waals surface area contributed by atoms with Crippen LogP contribution in [0, 0.1) is 5.41 Å². The molecule has 0 saturated carbocycles. The van der Waals surface area contributed by atoms with E-state index in [1.165, 1.54) is 12.1 Å². The molecule has 1 heterocycles. The van der Waals surface area contributed by atoms with E-state index >= 15 is 0 Å². The van der Waals surface area contributed by atoms with Crippen LogP contribution < -0.4 is 5.32 Å². The van der Waals surface area contributed by atoms with Gasteiger partial charge in [0.05, 0.1) is 19.4 Å². The SMILES string of the molecule is COC(=O)C1(C)CN(C(=O)Nc2ccc(Cl)cc2)N=C1c1ccccc1. The predicted octanol–water partition coefficient (Wildman–Crippen LogP) is 3.77. The molecule has 6 nitrogen and oxygen atoms in total. The quantitative estimate of drug-likeness (QED) is 0.835. The van der Waals surface area contributed by atoms with Gasteiger partial charge in [-0.15, -0.1) is 0 Å². The van der Waals surface area contributed by atoms with Crippen LogP contribution in [0.4, 0.5) is 10.5 Å². The van der Waals surface area contributed by atoms with Crippen molar-refractivity contribution in [2.75, 3.05) is 19.0 Å². The molecule has 0 aliphatic carbocycles. The first-order valence-corrected chi connectivity index (χ1v) is 8.39. The Morgan fingerprint density at radius 3 is 2.42 bits per heavy atom. The Labute approximate surface area is 156 Å². The minimum atomic E-state index is -1.05. The Kier molecular flexibility index (Phi) is 4.95. The lowest BCUT2D eigenvalue weighted by molar-refractivity contribution is -0.147. The highest BCUT2D eigenvalue weighted by molar-refractivity contribution is 6.30. The smallest absolute Gasteiger partial charge is 0.342 e. The summed E-state index contributed by atoms with van der Waals surface area (Å²) in [4.78, 5) is 25.0. The number of amides is 2. The highest BCUT2D eigenvalue weighted by atomic mass is 35.5. The lowest BCUT2D eigenvalue weighted by Gasteiger charge is -2.23. The molecule has 134 valence electrons. The number of nitrogens with zero attached hydrogens (tertiary/aromatic N) is 2. The van der Waals surface area contributed by atoms with Crippen molar-refractivity contribution < 1.29 is 14.3 Å². The number of benzene rings is 2. The lowest BCUT2D eigenvalue weighted by Crippen LogP contribution is -2.42. The molecule has 26 heavy (non-hydrogen) atoms. The average Bonchev–Trinajstić information content (AvgIpc) is 3.02. The Bertz CT molecular complexity index is 852. The normalized spacial score (nSPS) is 19.0. The third kappa shape index (κ3) is 3.41. The van der Waals surface area contributed by atoms with Gasteiger partial charge in [-0.2, -0.15) is 5.10 Å². The first kappa shape index (κ1) is 17.9. The van der Waals surface area contributed by atoms with E-state index in [2.05, 4.69) is 10.4 Å². The van der Waals surface area contributed by atoms with E-state index in [1.807, 2.05) is 30.3 Å². The molecule has 2 aromatic carbocycles. The van der Waals surface area contributed by atoms with Gasteiger partial charge in [-0.25, -0.2) is 9.80 Å². The van der Waals surface area contributed by atoms with E-state index in [9.17, 15) is 9.59 Å². The van der Waals surface area contributed by atoms with Crippen LogP contribution in [-0.2, 0) is 9.53 Å². The highest BCUT2D eigenvalue weighted by Crippen LogP contribution is 2.33. The maximum Gasteiger partial charge on any atom is 0.342 e. The number of nitrogens with one attached hydrogen (secondary N) is 1. The maximum atomic E-state index is 12.6. The van der Waals surface area contributed by atoms with Crippen molar-refractivity contribution in [1.82, 2.24) is 5.01 Å². The van der Waals surface area contributed by atoms with Crippen molar-refractivity contribution in [2.24, 2.45) is 10.5 Å². The van der Waals surface area contributed by atoms with Gasteiger partial charge >= 0.3 is 12.0 Å².